The number of amides is 1. The molecule has 1 rings (SSSR count). The quantitative estimate of drug-likeness (QED) is 0.450. The smallest absolute Gasteiger partial charge is 0.255 e. The second kappa shape index (κ2) is 6.19. The number of hydrogen-bond acceptors (Lipinski definition) is 3. The fourth-order valence-corrected chi connectivity index (χ4v) is 0.991. The van der Waals surface area contributed by atoms with E-state index in [1.165, 1.54) is 0 Å². The highest BCUT2D eigenvalue weighted by Crippen LogP contribution is 1.96. The van der Waals surface area contributed by atoms with Gasteiger partial charge in [-0.2, -0.15) is 4.84 Å². The number of carbonyl (C=O) groups excluding carboxylic acids is 1. The minimum Gasteiger partial charge on any atom is -1.00 e. The minimum atomic E-state index is -0.0108. The van der Waals surface area contributed by atoms with Gasteiger partial charge in [0.25, 0.3) is 5.91 Å². The Morgan fingerprint density at radius 1 is 1.50 bits per heavy atom. The summed E-state index contributed by atoms with van der Waals surface area (Å²) < 4.78 is 5.08. The van der Waals surface area contributed by atoms with E-state index in [-0.39, 0.29) is 24.9 Å². The van der Waals surface area contributed by atoms with Crippen LogP contribution in [0.25, 0.3) is 0 Å². The molecule has 0 aliphatic carbocycles. The summed E-state index contributed by atoms with van der Waals surface area (Å²) in [5.74, 6) is 3.13. The van der Waals surface area contributed by atoms with Crippen LogP contribution in [0.5, 0.6) is 0 Å². The lowest BCUT2D eigenvalue weighted by molar-refractivity contribution is -0.685. The third kappa shape index (κ3) is 3.36. The summed E-state index contributed by atoms with van der Waals surface area (Å²) in [6.45, 7) is 2.66. The second-order valence-corrected chi connectivity index (χ2v) is 2.34. The summed E-state index contributed by atoms with van der Waals surface area (Å²) in [6.07, 6.45) is 0. The van der Waals surface area contributed by atoms with E-state index in [1.54, 1.807) is 4.90 Å². The van der Waals surface area contributed by atoms with Crippen LogP contribution >= 0.6 is 0 Å². The summed E-state index contributed by atoms with van der Waals surface area (Å²) in [5, 5.41) is 0. The lowest BCUT2D eigenvalue weighted by atomic mass is 10.4. The van der Waals surface area contributed by atoms with Crippen LogP contribution in [0, 0.1) is 0 Å². The summed E-state index contributed by atoms with van der Waals surface area (Å²) in [6, 6.07) is 0. The Morgan fingerprint density at radius 2 is 2.08 bits per heavy atom. The van der Waals surface area contributed by atoms with Gasteiger partial charge in [-0.3, -0.25) is 4.79 Å². The normalized spacial score (nSPS) is 16.9. The van der Waals surface area contributed by atoms with Crippen molar-refractivity contribution in [3.63, 3.8) is 0 Å². The van der Waals surface area contributed by atoms with Gasteiger partial charge in [0.1, 0.15) is 0 Å². The van der Waals surface area contributed by atoms with Crippen LogP contribution in [0.3, 0.4) is 0 Å². The molecule has 6 heteroatoms. The standard InChI is InChI=1S/C6H13N2O3.ClH/c7-11-5-6(9)8-1-3-10-4-2-8;/h1-5H2,7H3;1H/q+1;/p-1. The molecule has 0 aromatic carbocycles. The third-order valence-electron chi connectivity index (χ3n) is 1.59. The number of rotatable bonds is 2. The maximum Gasteiger partial charge on any atom is 0.255 e. The molecule has 1 amide bonds. The molecule has 0 radical (unpaired) electrons. The number of carbonyl (C=O) groups is 1. The Labute approximate surface area is 77.2 Å². The van der Waals surface area contributed by atoms with Gasteiger partial charge in [0.05, 0.1) is 13.2 Å². The van der Waals surface area contributed by atoms with Gasteiger partial charge in [0.15, 0.2) is 6.61 Å². The first-order valence-electron chi connectivity index (χ1n) is 3.57. The molecule has 1 heterocycles. The maximum atomic E-state index is 11.1. The van der Waals surface area contributed by atoms with Crippen LogP contribution < -0.4 is 18.3 Å². The van der Waals surface area contributed by atoms with E-state index in [0.29, 0.717) is 26.3 Å². The van der Waals surface area contributed by atoms with E-state index >= 15 is 0 Å². The zero-order valence-electron chi connectivity index (χ0n) is 6.79. The first-order valence-corrected chi connectivity index (χ1v) is 3.57. The fourth-order valence-electron chi connectivity index (χ4n) is 0.991. The van der Waals surface area contributed by atoms with Gasteiger partial charge in [-0.05, 0) is 0 Å². The number of halogens is 1. The van der Waals surface area contributed by atoms with E-state index in [1.807, 2.05) is 0 Å². The van der Waals surface area contributed by atoms with Crippen LogP contribution in [0.15, 0.2) is 0 Å². The van der Waals surface area contributed by atoms with Gasteiger partial charge >= 0.3 is 0 Å². The van der Waals surface area contributed by atoms with Crippen molar-refractivity contribution >= 4 is 5.91 Å². The SMILES string of the molecule is [Cl-].[NH3+]OCC(=O)N1CCOCC1. The largest absolute Gasteiger partial charge is 1.00 e. The highest BCUT2D eigenvalue weighted by molar-refractivity contribution is 5.77. The number of ether oxygens (including phenoxy) is 1. The predicted molar refractivity (Wildman–Crippen MR) is 36.2 cm³/mol. The van der Waals surface area contributed by atoms with Crippen LogP contribution in [0.2, 0.25) is 0 Å². The lowest BCUT2D eigenvalue weighted by Crippen LogP contribution is -3.00. The Hall–Kier alpha value is -0.360. The average Bonchev–Trinajstić information content (AvgIpc) is 2.07. The van der Waals surface area contributed by atoms with Gasteiger partial charge in [0.2, 0.25) is 0 Å². The van der Waals surface area contributed by atoms with Crippen molar-refractivity contribution in [1.29, 1.82) is 0 Å². The molecular formula is C6H13ClN2O3. The molecule has 1 aliphatic rings. The fraction of sp³-hybridized carbons (Fsp3) is 0.833. The van der Waals surface area contributed by atoms with Crippen molar-refractivity contribution < 1.29 is 32.7 Å². The van der Waals surface area contributed by atoms with Gasteiger partial charge in [-0.15, -0.1) is 0 Å². The van der Waals surface area contributed by atoms with Gasteiger partial charge in [-0.25, -0.2) is 5.90 Å². The van der Waals surface area contributed by atoms with Crippen molar-refractivity contribution in [1.82, 2.24) is 4.90 Å². The monoisotopic (exact) mass is 196 g/mol. The molecular weight excluding hydrogens is 184 g/mol. The molecule has 1 aliphatic heterocycles. The summed E-state index contributed by atoms with van der Waals surface area (Å²) in [7, 11) is 0. The molecule has 5 nitrogen and oxygen atoms in total. The van der Waals surface area contributed by atoms with Crippen LogP contribution in [-0.2, 0) is 14.4 Å². The molecule has 0 aromatic heterocycles. The molecule has 72 valence electrons. The molecule has 1 saturated heterocycles. The van der Waals surface area contributed by atoms with E-state index < -0.39 is 0 Å². The highest BCUT2D eigenvalue weighted by Gasteiger charge is 2.16. The average molecular weight is 197 g/mol. The Balaban J connectivity index is 0.00000121. The van der Waals surface area contributed by atoms with E-state index in [9.17, 15) is 4.79 Å². The van der Waals surface area contributed by atoms with E-state index in [4.69, 9.17) is 4.74 Å². The number of hydrogen-bond donors (Lipinski definition) is 1. The Bertz CT molecular complexity index is 139. The molecule has 0 atom stereocenters. The van der Waals surface area contributed by atoms with Crippen LogP contribution in [-0.4, -0.2) is 43.7 Å². The number of nitrogens with zero attached hydrogens (tertiary/aromatic N) is 1. The van der Waals surface area contributed by atoms with E-state index in [0.717, 1.165) is 0 Å². The molecule has 0 bridgehead atoms. The summed E-state index contributed by atoms with van der Waals surface area (Å²) >= 11 is 0. The molecule has 3 N–H and O–H groups in total. The molecule has 0 unspecified atom stereocenters. The van der Waals surface area contributed by atoms with Crippen LogP contribution in [0.4, 0.5) is 0 Å². The minimum absolute atomic E-state index is 0. The summed E-state index contributed by atoms with van der Waals surface area (Å²) in [4.78, 5) is 17.3. The summed E-state index contributed by atoms with van der Waals surface area (Å²) in [5.41, 5.74) is 0. The van der Waals surface area contributed by atoms with Gasteiger partial charge < -0.3 is 22.0 Å². The Kier molecular flexibility index (Phi) is 6.00. The molecule has 1 fully saturated rings. The Morgan fingerprint density at radius 3 is 2.58 bits per heavy atom. The van der Waals surface area contributed by atoms with Crippen molar-refractivity contribution in [3.8, 4) is 0 Å². The van der Waals surface area contributed by atoms with Gasteiger partial charge in [0, 0.05) is 13.1 Å². The maximum absolute atomic E-state index is 11.1. The second-order valence-electron chi connectivity index (χ2n) is 2.34. The van der Waals surface area contributed by atoms with E-state index in [2.05, 4.69) is 10.7 Å². The van der Waals surface area contributed by atoms with Crippen molar-refractivity contribution in [2.75, 3.05) is 32.9 Å². The predicted octanol–water partition coefficient (Wildman–Crippen LogP) is -4.98. The highest BCUT2D eigenvalue weighted by atomic mass is 35.5. The molecule has 12 heavy (non-hydrogen) atoms. The third-order valence-corrected chi connectivity index (χ3v) is 1.59. The number of morpholine rings is 1. The van der Waals surface area contributed by atoms with Crippen LogP contribution in [0.1, 0.15) is 0 Å². The number of quaternary nitrogens is 1. The molecule has 0 aromatic rings. The van der Waals surface area contributed by atoms with Crippen molar-refractivity contribution in [2.24, 2.45) is 0 Å². The topological polar surface area (TPSA) is 66.4 Å². The zero-order valence-corrected chi connectivity index (χ0v) is 7.55. The lowest BCUT2D eigenvalue weighted by Gasteiger charge is -2.25. The zero-order chi connectivity index (χ0) is 8.10. The first kappa shape index (κ1) is 11.6. The molecule has 0 spiro atoms. The van der Waals surface area contributed by atoms with Gasteiger partial charge in [-0.1, -0.05) is 0 Å². The van der Waals surface area contributed by atoms with Crippen molar-refractivity contribution in [2.45, 2.75) is 0 Å². The molecule has 0 saturated carbocycles. The first-order chi connectivity index (χ1) is 5.34. The van der Waals surface area contributed by atoms with Crippen molar-refractivity contribution in [3.05, 3.63) is 0 Å².